The first-order chi connectivity index (χ1) is 13.1. The number of hydrogen-bond acceptors (Lipinski definition) is 5. The lowest BCUT2D eigenvalue weighted by molar-refractivity contribution is -0.118. The molecule has 8 heteroatoms. The van der Waals surface area contributed by atoms with Crippen LogP contribution < -0.4 is 15.1 Å². The highest BCUT2D eigenvalue weighted by Gasteiger charge is 2.33. The van der Waals surface area contributed by atoms with Gasteiger partial charge in [0.1, 0.15) is 6.10 Å². The number of hydrogen-bond donors (Lipinski definition) is 1. The maximum atomic E-state index is 12.2. The predicted molar refractivity (Wildman–Crippen MR) is 107 cm³/mol. The van der Waals surface area contributed by atoms with Crippen molar-refractivity contribution in [2.24, 2.45) is 5.92 Å². The van der Waals surface area contributed by atoms with E-state index in [1.807, 2.05) is 24.3 Å². The minimum Gasteiger partial charge on any atom is -0.442 e. The number of cyclic esters (lactones) is 1. The fourth-order valence-electron chi connectivity index (χ4n) is 3.47. The van der Waals surface area contributed by atoms with E-state index in [0.29, 0.717) is 19.0 Å². The number of thiocarbonyl (C=S) groups is 1. The van der Waals surface area contributed by atoms with E-state index in [9.17, 15) is 9.59 Å². The van der Waals surface area contributed by atoms with Crippen molar-refractivity contribution in [2.75, 3.05) is 49.1 Å². The highest BCUT2D eigenvalue weighted by atomic mass is 32.1. The Hall–Kier alpha value is -2.35. The van der Waals surface area contributed by atoms with E-state index in [2.05, 4.69) is 10.2 Å². The lowest BCUT2D eigenvalue weighted by atomic mass is 10.2. The number of rotatable bonds is 6. The van der Waals surface area contributed by atoms with Crippen molar-refractivity contribution in [1.29, 1.82) is 0 Å². The molecule has 0 bridgehead atoms. The molecule has 0 aromatic heterocycles. The second-order valence-electron chi connectivity index (χ2n) is 7.28. The second-order valence-corrected chi connectivity index (χ2v) is 7.72. The van der Waals surface area contributed by atoms with Gasteiger partial charge in [-0.3, -0.25) is 9.69 Å². The van der Waals surface area contributed by atoms with E-state index in [4.69, 9.17) is 17.0 Å². The zero-order valence-electron chi connectivity index (χ0n) is 15.2. The normalized spacial score (nSPS) is 22.6. The number of benzene rings is 1. The van der Waals surface area contributed by atoms with Gasteiger partial charge in [-0.1, -0.05) is 12.2 Å². The Morgan fingerprint density at radius 2 is 1.81 bits per heavy atom. The minimum atomic E-state index is -0.313. The van der Waals surface area contributed by atoms with Crippen LogP contribution in [0.1, 0.15) is 12.8 Å². The zero-order valence-corrected chi connectivity index (χ0v) is 16.0. The highest BCUT2D eigenvalue weighted by molar-refractivity contribution is 7.80. The van der Waals surface area contributed by atoms with Gasteiger partial charge in [-0.25, -0.2) is 4.79 Å². The molecule has 2 heterocycles. The van der Waals surface area contributed by atoms with Crippen LogP contribution in [0.2, 0.25) is 0 Å². The van der Waals surface area contributed by atoms with E-state index in [1.54, 1.807) is 9.80 Å². The van der Waals surface area contributed by atoms with Crippen LogP contribution in [0.5, 0.6) is 0 Å². The number of carbonyl (C=O) groups is 2. The van der Waals surface area contributed by atoms with Gasteiger partial charge in [-0.2, -0.15) is 0 Å². The molecule has 2 amide bonds. The molecule has 2 saturated heterocycles. The first-order valence-corrected chi connectivity index (χ1v) is 9.85. The zero-order chi connectivity index (χ0) is 18.8. The van der Waals surface area contributed by atoms with Crippen LogP contribution in [0.4, 0.5) is 16.2 Å². The molecule has 4 rings (SSSR count). The Labute approximate surface area is 164 Å². The van der Waals surface area contributed by atoms with Gasteiger partial charge in [-0.05, 0) is 37.1 Å². The molecule has 1 N–H and O–H groups in total. The SMILES string of the molecule is O=CN1CCN(c2ccc(N3CC(CNC(=S)C4CC4)OC3=O)cc2)CC1. The number of nitrogens with one attached hydrogen (secondary N) is 1. The number of nitrogens with zero attached hydrogens (tertiary/aromatic N) is 3. The molecule has 0 spiro atoms. The summed E-state index contributed by atoms with van der Waals surface area (Å²) >= 11 is 5.33. The smallest absolute Gasteiger partial charge is 0.414 e. The molecule has 7 nitrogen and oxygen atoms in total. The van der Waals surface area contributed by atoms with Gasteiger partial charge >= 0.3 is 6.09 Å². The third-order valence-electron chi connectivity index (χ3n) is 5.32. The Bertz CT molecular complexity index is 714. The lowest BCUT2D eigenvalue weighted by Crippen LogP contribution is -2.45. The summed E-state index contributed by atoms with van der Waals surface area (Å²) in [6.07, 6.45) is 2.73. The van der Waals surface area contributed by atoms with E-state index in [1.165, 1.54) is 12.8 Å². The Kier molecular flexibility index (Phi) is 5.15. The van der Waals surface area contributed by atoms with Crippen molar-refractivity contribution >= 4 is 41.1 Å². The van der Waals surface area contributed by atoms with E-state index in [0.717, 1.165) is 49.0 Å². The summed E-state index contributed by atoms with van der Waals surface area (Å²) in [6, 6.07) is 7.95. The molecule has 1 saturated carbocycles. The fraction of sp³-hybridized carbons (Fsp3) is 0.526. The van der Waals surface area contributed by atoms with Crippen molar-refractivity contribution in [2.45, 2.75) is 18.9 Å². The maximum Gasteiger partial charge on any atom is 0.414 e. The van der Waals surface area contributed by atoms with E-state index < -0.39 is 0 Å². The molecule has 27 heavy (non-hydrogen) atoms. The van der Waals surface area contributed by atoms with Crippen LogP contribution in [0.3, 0.4) is 0 Å². The average Bonchev–Trinajstić information content (AvgIpc) is 3.49. The topological polar surface area (TPSA) is 65.1 Å². The molecule has 3 fully saturated rings. The second kappa shape index (κ2) is 7.72. The molecule has 144 valence electrons. The molecular formula is C19H24N4O3S. The van der Waals surface area contributed by atoms with Crippen LogP contribution in [0.15, 0.2) is 24.3 Å². The monoisotopic (exact) mass is 388 g/mol. The number of ether oxygens (including phenoxy) is 1. The first kappa shape index (κ1) is 18.0. The van der Waals surface area contributed by atoms with Gasteiger partial charge in [0.25, 0.3) is 0 Å². The number of piperazine rings is 1. The fourth-order valence-corrected chi connectivity index (χ4v) is 3.79. The maximum absolute atomic E-state index is 12.2. The number of anilines is 2. The molecular weight excluding hydrogens is 364 g/mol. The van der Waals surface area contributed by atoms with Gasteiger partial charge in [0.2, 0.25) is 6.41 Å². The summed E-state index contributed by atoms with van der Waals surface area (Å²) in [5.74, 6) is 0.522. The van der Waals surface area contributed by atoms with Gasteiger partial charge in [0.15, 0.2) is 0 Å². The molecule has 1 aliphatic carbocycles. The van der Waals surface area contributed by atoms with Crippen molar-refractivity contribution in [3.05, 3.63) is 24.3 Å². The molecule has 3 aliphatic rings. The lowest BCUT2D eigenvalue weighted by Gasteiger charge is -2.34. The van der Waals surface area contributed by atoms with Crippen LogP contribution in [0.25, 0.3) is 0 Å². The highest BCUT2D eigenvalue weighted by Crippen LogP contribution is 2.30. The third-order valence-corrected chi connectivity index (χ3v) is 5.79. The minimum absolute atomic E-state index is 0.190. The van der Waals surface area contributed by atoms with Crippen LogP contribution in [-0.2, 0) is 9.53 Å². The van der Waals surface area contributed by atoms with Crippen molar-refractivity contribution in [1.82, 2.24) is 10.2 Å². The summed E-state index contributed by atoms with van der Waals surface area (Å²) in [5, 5.41) is 3.23. The summed E-state index contributed by atoms with van der Waals surface area (Å²) in [5.41, 5.74) is 1.94. The standard InChI is InChI=1S/C19H24N4O3S/c24-13-21-7-9-22(10-8-21)15-3-5-16(6-4-15)23-12-17(26-19(23)25)11-20-18(27)14-1-2-14/h3-6,13-14,17H,1-2,7-12H2,(H,20,27). The quantitative estimate of drug-likeness (QED) is 0.590. The molecule has 2 aliphatic heterocycles. The Morgan fingerprint density at radius 1 is 1.15 bits per heavy atom. The Morgan fingerprint density at radius 3 is 2.44 bits per heavy atom. The average molecular weight is 388 g/mol. The van der Waals surface area contributed by atoms with Crippen LogP contribution >= 0.6 is 12.2 Å². The summed E-state index contributed by atoms with van der Waals surface area (Å²) in [6.45, 7) is 4.20. The van der Waals surface area contributed by atoms with Gasteiger partial charge in [-0.15, -0.1) is 0 Å². The van der Waals surface area contributed by atoms with Gasteiger partial charge in [0, 0.05) is 43.5 Å². The van der Waals surface area contributed by atoms with Crippen LogP contribution in [0, 0.1) is 5.92 Å². The van der Waals surface area contributed by atoms with E-state index >= 15 is 0 Å². The van der Waals surface area contributed by atoms with Crippen molar-refractivity contribution < 1.29 is 14.3 Å². The van der Waals surface area contributed by atoms with Gasteiger partial charge < -0.3 is 19.9 Å². The molecule has 0 radical (unpaired) electrons. The number of carbonyl (C=O) groups excluding carboxylic acids is 2. The molecule has 1 atom stereocenters. The van der Waals surface area contributed by atoms with E-state index in [-0.39, 0.29) is 12.2 Å². The van der Waals surface area contributed by atoms with Gasteiger partial charge in [0.05, 0.1) is 18.1 Å². The largest absolute Gasteiger partial charge is 0.442 e. The first-order valence-electron chi connectivity index (χ1n) is 9.44. The summed E-state index contributed by atoms with van der Waals surface area (Å²) in [4.78, 5) is 29.6. The summed E-state index contributed by atoms with van der Waals surface area (Å²) < 4.78 is 5.47. The predicted octanol–water partition coefficient (Wildman–Crippen LogP) is 1.62. The summed E-state index contributed by atoms with van der Waals surface area (Å²) in [7, 11) is 0. The molecule has 1 aromatic carbocycles. The molecule has 1 unspecified atom stereocenters. The van der Waals surface area contributed by atoms with Crippen molar-refractivity contribution in [3.63, 3.8) is 0 Å². The molecule has 1 aromatic rings. The Balaban J connectivity index is 1.32. The van der Waals surface area contributed by atoms with Crippen molar-refractivity contribution in [3.8, 4) is 0 Å². The number of amides is 2. The third kappa shape index (κ3) is 4.16. The van der Waals surface area contributed by atoms with Crippen LogP contribution in [-0.4, -0.2) is 67.8 Å².